The Morgan fingerprint density at radius 2 is 2.35 bits per heavy atom. The van der Waals surface area contributed by atoms with Gasteiger partial charge in [0, 0.05) is 6.04 Å². The molecule has 2 rings (SSSR count). The van der Waals surface area contributed by atoms with Gasteiger partial charge in [-0.1, -0.05) is 6.92 Å². The van der Waals surface area contributed by atoms with E-state index in [-0.39, 0.29) is 5.69 Å². The fourth-order valence-electron chi connectivity index (χ4n) is 1.59. The molecule has 0 spiro atoms. The molecule has 0 bridgehead atoms. The van der Waals surface area contributed by atoms with E-state index in [1.165, 1.54) is 18.4 Å². The maximum Gasteiger partial charge on any atom is 0.350 e. The van der Waals surface area contributed by atoms with Crippen molar-refractivity contribution < 1.29 is 9.53 Å². The molecule has 90 valence electrons. The first-order valence-corrected chi connectivity index (χ1v) is 6.07. The standard InChI is InChI=1S/C11H13N3O2S/c1-5-3-7(5)14-10-6(4-12)8(13)9(17-10)11(15)16-2/h5,7,14H,3,13H2,1-2H3. The van der Waals surface area contributed by atoms with Crippen molar-refractivity contribution in [2.24, 2.45) is 5.92 Å². The van der Waals surface area contributed by atoms with E-state index in [1.807, 2.05) is 6.07 Å². The van der Waals surface area contributed by atoms with Gasteiger partial charge in [-0.2, -0.15) is 5.26 Å². The zero-order chi connectivity index (χ0) is 12.6. The van der Waals surface area contributed by atoms with E-state index < -0.39 is 5.97 Å². The number of hydrogen-bond donors (Lipinski definition) is 2. The number of nitrogens with two attached hydrogens (primary N) is 1. The molecule has 1 heterocycles. The average molecular weight is 251 g/mol. The first kappa shape index (κ1) is 11.7. The maximum absolute atomic E-state index is 11.5. The molecule has 1 saturated carbocycles. The van der Waals surface area contributed by atoms with Crippen LogP contribution in [0.1, 0.15) is 28.6 Å². The minimum atomic E-state index is -0.499. The third-order valence-electron chi connectivity index (χ3n) is 2.85. The van der Waals surface area contributed by atoms with Crippen LogP contribution in [0, 0.1) is 17.2 Å². The van der Waals surface area contributed by atoms with Crippen molar-refractivity contribution in [3.8, 4) is 6.07 Å². The van der Waals surface area contributed by atoms with Crippen LogP contribution in [-0.2, 0) is 4.74 Å². The number of esters is 1. The summed E-state index contributed by atoms with van der Waals surface area (Å²) in [5, 5.41) is 13.0. The monoisotopic (exact) mass is 251 g/mol. The number of nitrogens with zero attached hydrogens (tertiary/aromatic N) is 1. The summed E-state index contributed by atoms with van der Waals surface area (Å²) in [4.78, 5) is 11.7. The summed E-state index contributed by atoms with van der Waals surface area (Å²) in [7, 11) is 1.30. The average Bonchev–Trinajstić information content (AvgIpc) is 2.90. The largest absolute Gasteiger partial charge is 0.465 e. The number of nitriles is 1. The molecule has 1 aliphatic carbocycles. The van der Waals surface area contributed by atoms with Crippen molar-refractivity contribution in [3.63, 3.8) is 0 Å². The van der Waals surface area contributed by atoms with Crippen molar-refractivity contribution in [2.75, 3.05) is 18.2 Å². The summed E-state index contributed by atoms with van der Waals surface area (Å²) in [5.41, 5.74) is 6.32. The molecule has 17 heavy (non-hydrogen) atoms. The molecule has 0 saturated heterocycles. The first-order chi connectivity index (χ1) is 8.08. The highest BCUT2D eigenvalue weighted by Gasteiger charge is 2.34. The molecule has 1 aromatic rings. The Kier molecular flexibility index (Phi) is 2.94. The van der Waals surface area contributed by atoms with E-state index in [9.17, 15) is 4.79 Å². The van der Waals surface area contributed by atoms with Gasteiger partial charge in [0.25, 0.3) is 0 Å². The highest BCUT2D eigenvalue weighted by molar-refractivity contribution is 7.18. The number of ether oxygens (including phenoxy) is 1. The fourth-order valence-corrected chi connectivity index (χ4v) is 2.64. The molecule has 1 fully saturated rings. The molecule has 2 atom stereocenters. The van der Waals surface area contributed by atoms with Crippen LogP contribution in [0.5, 0.6) is 0 Å². The number of methoxy groups -OCH3 is 1. The lowest BCUT2D eigenvalue weighted by Gasteiger charge is -2.00. The molecule has 2 unspecified atom stereocenters. The minimum absolute atomic E-state index is 0.208. The fraction of sp³-hybridized carbons (Fsp3) is 0.455. The van der Waals surface area contributed by atoms with Crippen LogP contribution in [0.25, 0.3) is 0 Å². The van der Waals surface area contributed by atoms with Crippen LogP contribution in [-0.4, -0.2) is 19.1 Å². The Morgan fingerprint density at radius 3 is 2.82 bits per heavy atom. The van der Waals surface area contributed by atoms with E-state index >= 15 is 0 Å². The highest BCUT2D eigenvalue weighted by Crippen LogP contribution is 2.40. The quantitative estimate of drug-likeness (QED) is 0.800. The lowest BCUT2D eigenvalue weighted by Crippen LogP contribution is -2.03. The van der Waals surface area contributed by atoms with Gasteiger partial charge in [-0.15, -0.1) is 11.3 Å². The third kappa shape index (κ3) is 2.06. The van der Waals surface area contributed by atoms with Crippen molar-refractivity contribution >= 4 is 28.0 Å². The van der Waals surface area contributed by atoms with Crippen molar-refractivity contribution in [1.82, 2.24) is 0 Å². The van der Waals surface area contributed by atoms with Crippen LogP contribution in [0.2, 0.25) is 0 Å². The zero-order valence-corrected chi connectivity index (χ0v) is 10.4. The predicted molar refractivity (Wildman–Crippen MR) is 66.0 cm³/mol. The lowest BCUT2D eigenvalue weighted by atomic mass is 10.2. The van der Waals surface area contributed by atoms with E-state index in [2.05, 4.69) is 17.0 Å². The number of anilines is 2. The Balaban J connectivity index is 2.32. The summed E-state index contributed by atoms with van der Waals surface area (Å²) in [5.74, 6) is 0.104. The molecular weight excluding hydrogens is 238 g/mol. The van der Waals surface area contributed by atoms with Gasteiger partial charge >= 0.3 is 5.97 Å². The highest BCUT2D eigenvalue weighted by atomic mass is 32.1. The molecular formula is C11H13N3O2S. The third-order valence-corrected chi connectivity index (χ3v) is 3.97. The molecule has 3 N–H and O–H groups in total. The van der Waals surface area contributed by atoms with E-state index in [0.29, 0.717) is 27.4 Å². The Bertz CT molecular complexity index is 504. The van der Waals surface area contributed by atoms with Crippen molar-refractivity contribution in [3.05, 3.63) is 10.4 Å². The number of nitrogen functional groups attached to an aromatic ring is 1. The van der Waals surface area contributed by atoms with Gasteiger partial charge < -0.3 is 15.8 Å². The Morgan fingerprint density at radius 1 is 1.71 bits per heavy atom. The van der Waals surface area contributed by atoms with Gasteiger partial charge in [0.1, 0.15) is 21.5 Å². The van der Waals surface area contributed by atoms with Crippen LogP contribution in [0.15, 0.2) is 0 Å². The predicted octanol–water partition coefficient (Wildman–Crippen LogP) is 1.81. The van der Waals surface area contributed by atoms with Gasteiger partial charge in [0.2, 0.25) is 0 Å². The summed E-state index contributed by atoms with van der Waals surface area (Å²) < 4.78 is 4.63. The molecule has 6 heteroatoms. The van der Waals surface area contributed by atoms with Crippen LogP contribution >= 0.6 is 11.3 Å². The second-order valence-corrected chi connectivity index (χ2v) is 5.14. The minimum Gasteiger partial charge on any atom is -0.465 e. The molecule has 0 radical (unpaired) electrons. The van der Waals surface area contributed by atoms with E-state index in [1.54, 1.807) is 0 Å². The molecule has 0 amide bonds. The number of carbonyl (C=O) groups is 1. The zero-order valence-electron chi connectivity index (χ0n) is 9.61. The topological polar surface area (TPSA) is 88.1 Å². The second-order valence-electron chi connectivity index (χ2n) is 4.12. The smallest absolute Gasteiger partial charge is 0.350 e. The van der Waals surface area contributed by atoms with Gasteiger partial charge in [-0.25, -0.2) is 4.79 Å². The second kappa shape index (κ2) is 4.26. The molecule has 1 aliphatic rings. The Labute approximate surface area is 103 Å². The summed E-state index contributed by atoms with van der Waals surface area (Å²) >= 11 is 1.18. The Hall–Kier alpha value is -1.74. The molecule has 0 aliphatic heterocycles. The van der Waals surface area contributed by atoms with Crippen molar-refractivity contribution in [2.45, 2.75) is 19.4 Å². The van der Waals surface area contributed by atoms with Gasteiger partial charge in [-0.3, -0.25) is 0 Å². The van der Waals surface area contributed by atoms with Gasteiger partial charge in [-0.05, 0) is 12.3 Å². The SMILES string of the molecule is COC(=O)c1sc(NC2CC2C)c(C#N)c1N. The summed E-state index contributed by atoms with van der Waals surface area (Å²) in [6.45, 7) is 2.13. The van der Waals surface area contributed by atoms with Gasteiger partial charge in [0.15, 0.2) is 0 Å². The van der Waals surface area contributed by atoms with Crippen LogP contribution in [0.3, 0.4) is 0 Å². The number of hydrogen-bond acceptors (Lipinski definition) is 6. The van der Waals surface area contributed by atoms with Crippen LogP contribution in [0.4, 0.5) is 10.7 Å². The van der Waals surface area contributed by atoms with Crippen molar-refractivity contribution in [1.29, 1.82) is 5.26 Å². The first-order valence-electron chi connectivity index (χ1n) is 5.25. The maximum atomic E-state index is 11.5. The number of carbonyl (C=O) groups excluding carboxylic acids is 1. The normalized spacial score (nSPS) is 21.7. The van der Waals surface area contributed by atoms with E-state index in [0.717, 1.165) is 6.42 Å². The van der Waals surface area contributed by atoms with Gasteiger partial charge in [0.05, 0.1) is 12.8 Å². The number of rotatable bonds is 3. The number of nitrogens with one attached hydrogen (secondary N) is 1. The lowest BCUT2D eigenvalue weighted by molar-refractivity contribution is 0.0607. The van der Waals surface area contributed by atoms with Crippen LogP contribution < -0.4 is 11.1 Å². The molecule has 5 nitrogen and oxygen atoms in total. The summed E-state index contributed by atoms with van der Waals surface area (Å²) in [6.07, 6.45) is 1.08. The summed E-state index contributed by atoms with van der Waals surface area (Å²) in [6, 6.07) is 2.41. The molecule has 0 aromatic carbocycles. The molecule has 1 aromatic heterocycles. The van der Waals surface area contributed by atoms with E-state index in [4.69, 9.17) is 11.0 Å². The number of thiophene rings is 1.